The van der Waals surface area contributed by atoms with Crippen molar-refractivity contribution in [3.05, 3.63) is 189 Å². The predicted molar refractivity (Wildman–Crippen MR) is 214 cm³/mol. The summed E-state index contributed by atoms with van der Waals surface area (Å²) in [5.74, 6) is 0.640. The standard InChI is InChI=1S/C46H31N7/c1-3-9-36(10-4-1)51-25-23-34-26-41-42-27-40(21-22-43(42)53(45(41)28-44(34)51)37-11-5-2-6-12-37)52(38-17-13-32(14-18-38)35-8-7-24-47-29-35)39-19-15-33(16-20-39)46-49-30-48-31-50-46/h1-31H. The summed E-state index contributed by atoms with van der Waals surface area (Å²) in [5, 5.41) is 3.56. The molecule has 0 bridgehead atoms. The van der Waals surface area contributed by atoms with E-state index in [9.17, 15) is 0 Å². The fraction of sp³-hybridized carbons (Fsp3) is 0. The van der Waals surface area contributed by atoms with Gasteiger partial charge in [-0.15, -0.1) is 0 Å². The maximum absolute atomic E-state index is 4.36. The summed E-state index contributed by atoms with van der Waals surface area (Å²) in [6.45, 7) is 0. The highest BCUT2D eigenvalue weighted by molar-refractivity contribution is 6.14. The molecule has 250 valence electrons. The van der Waals surface area contributed by atoms with Gasteiger partial charge in [0.15, 0.2) is 5.82 Å². The zero-order valence-corrected chi connectivity index (χ0v) is 28.5. The van der Waals surface area contributed by atoms with Gasteiger partial charge in [-0.25, -0.2) is 15.0 Å². The molecule has 0 radical (unpaired) electrons. The first-order valence-electron chi connectivity index (χ1n) is 17.5. The lowest BCUT2D eigenvalue weighted by Gasteiger charge is -2.26. The minimum atomic E-state index is 0.640. The summed E-state index contributed by atoms with van der Waals surface area (Å²) < 4.78 is 4.65. The molecule has 7 heteroatoms. The number of benzene rings is 6. The van der Waals surface area contributed by atoms with Crippen molar-refractivity contribution in [1.82, 2.24) is 29.1 Å². The van der Waals surface area contributed by atoms with Crippen molar-refractivity contribution in [2.24, 2.45) is 0 Å². The van der Waals surface area contributed by atoms with Crippen LogP contribution in [0.3, 0.4) is 0 Å². The van der Waals surface area contributed by atoms with Crippen molar-refractivity contribution < 1.29 is 0 Å². The van der Waals surface area contributed by atoms with Crippen LogP contribution in [0.25, 0.3) is 66.6 Å². The Morgan fingerprint density at radius 1 is 0.453 bits per heavy atom. The highest BCUT2D eigenvalue weighted by atomic mass is 15.1. The van der Waals surface area contributed by atoms with Crippen LogP contribution < -0.4 is 4.90 Å². The van der Waals surface area contributed by atoms with E-state index < -0.39 is 0 Å². The topological polar surface area (TPSA) is 64.7 Å². The number of hydrogen-bond acceptors (Lipinski definition) is 5. The Morgan fingerprint density at radius 2 is 1.11 bits per heavy atom. The number of para-hydroxylation sites is 2. The average Bonchev–Trinajstić information content (AvgIpc) is 3.80. The van der Waals surface area contributed by atoms with Crippen molar-refractivity contribution in [1.29, 1.82) is 0 Å². The maximum atomic E-state index is 4.36. The van der Waals surface area contributed by atoms with Gasteiger partial charge in [0.1, 0.15) is 12.7 Å². The zero-order chi connectivity index (χ0) is 35.1. The molecule has 0 aliphatic carbocycles. The third kappa shape index (κ3) is 5.39. The highest BCUT2D eigenvalue weighted by Crippen LogP contribution is 2.41. The maximum Gasteiger partial charge on any atom is 0.162 e. The summed E-state index contributed by atoms with van der Waals surface area (Å²) in [4.78, 5) is 19.4. The number of anilines is 3. The summed E-state index contributed by atoms with van der Waals surface area (Å²) in [6, 6.07) is 55.9. The Bertz CT molecular complexity index is 2770. The van der Waals surface area contributed by atoms with E-state index in [1.807, 2.05) is 12.3 Å². The number of nitrogens with zero attached hydrogens (tertiary/aromatic N) is 7. The lowest BCUT2D eigenvalue weighted by molar-refractivity contribution is 1.06. The van der Waals surface area contributed by atoms with Crippen molar-refractivity contribution >= 4 is 49.8 Å². The molecule has 0 amide bonds. The molecule has 0 atom stereocenters. The molecule has 4 aromatic heterocycles. The van der Waals surface area contributed by atoms with Crippen LogP contribution in [0.15, 0.2) is 189 Å². The van der Waals surface area contributed by atoms with Gasteiger partial charge in [0.05, 0.1) is 16.6 Å². The first-order chi connectivity index (χ1) is 26.3. The van der Waals surface area contributed by atoms with Crippen molar-refractivity contribution in [3.63, 3.8) is 0 Å². The first-order valence-corrected chi connectivity index (χ1v) is 17.5. The average molecular weight is 682 g/mol. The normalized spacial score (nSPS) is 11.4. The second kappa shape index (κ2) is 12.7. The molecule has 4 heterocycles. The summed E-state index contributed by atoms with van der Waals surface area (Å²) in [7, 11) is 0. The largest absolute Gasteiger partial charge is 0.316 e. The Labute approximate surface area is 305 Å². The van der Waals surface area contributed by atoms with Gasteiger partial charge >= 0.3 is 0 Å². The van der Waals surface area contributed by atoms with Crippen LogP contribution in [0.2, 0.25) is 0 Å². The van der Waals surface area contributed by atoms with E-state index in [1.165, 1.54) is 28.8 Å². The molecular weight excluding hydrogens is 651 g/mol. The predicted octanol–water partition coefficient (Wildman–Crippen LogP) is 11.1. The SMILES string of the molecule is c1ccc(-n2ccc3cc4c5cc(N(c6ccc(-c7cccnc7)cc6)c6ccc(-c7ncncn7)cc6)ccc5n(-c5ccccc5)c4cc32)cc1. The summed E-state index contributed by atoms with van der Waals surface area (Å²) in [5.41, 5.74) is 11.9. The molecular formula is C46H31N7. The van der Waals surface area contributed by atoms with E-state index in [2.05, 4.69) is 192 Å². The van der Waals surface area contributed by atoms with Gasteiger partial charge in [-0.2, -0.15) is 0 Å². The lowest BCUT2D eigenvalue weighted by atomic mass is 10.1. The molecule has 0 saturated carbocycles. The number of rotatable bonds is 7. The number of aromatic nitrogens is 6. The van der Waals surface area contributed by atoms with Gasteiger partial charge in [0.2, 0.25) is 0 Å². The van der Waals surface area contributed by atoms with E-state index in [1.54, 1.807) is 6.20 Å². The Kier molecular flexibility index (Phi) is 7.32. The molecule has 0 N–H and O–H groups in total. The van der Waals surface area contributed by atoms with Crippen molar-refractivity contribution in [2.75, 3.05) is 4.90 Å². The van der Waals surface area contributed by atoms with Crippen LogP contribution in [0.5, 0.6) is 0 Å². The fourth-order valence-corrected chi connectivity index (χ4v) is 7.38. The van der Waals surface area contributed by atoms with Gasteiger partial charge in [0, 0.05) is 68.7 Å². The molecule has 0 unspecified atom stereocenters. The van der Waals surface area contributed by atoms with Crippen molar-refractivity contribution in [2.45, 2.75) is 0 Å². The number of fused-ring (bicyclic) bond motifs is 4. The smallest absolute Gasteiger partial charge is 0.162 e. The summed E-state index contributed by atoms with van der Waals surface area (Å²) in [6.07, 6.45) is 8.91. The quantitative estimate of drug-likeness (QED) is 0.167. The van der Waals surface area contributed by atoms with Crippen LogP contribution in [0.4, 0.5) is 17.1 Å². The van der Waals surface area contributed by atoms with Crippen LogP contribution in [0.1, 0.15) is 0 Å². The second-order valence-corrected chi connectivity index (χ2v) is 13.0. The van der Waals surface area contributed by atoms with Gasteiger partial charge in [-0.05, 0) is 114 Å². The minimum Gasteiger partial charge on any atom is -0.316 e. The molecule has 7 nitrogen and oxygen atoms in total. The highest BCUT2D eigenvalue weighted by Gasteiger charge is 2.19. The van der Waals surface area contributed by atoms with Crippen LogP contribution in [0, 0.1) is 0 Å². The molecule has 0 aliphatic rings. The van der Waals surface area contributed by atoms with E-state index in [-0.39, 0.29) is 0 Å². The minimum absolute atomic E-state index is 0.640. The Morgan fingerprint density at radius 3 is 1.81 bits per heavy atom. The third-order valence-electron chi connectivity index (χ3n) is 9.86. The van der Waals surface area contributed by atoms with Gasteiger partial charge < -0.3 is 14.0 Å². The second-order valence-electron chi connectivity index (χ2n) is 13.0. The van der Waals surface area contributed by atoms with Crippen molar-refractivity contribution in [3.8, 4) is 33.9 Å². The van der Waals surface area contributed by atoms with Crippen LogP contribution >= 0.6 is 0 Å². The molecule has 0 spiro atoms. The van der Waals surface area contributed by atoms with E-state index >= 15 is 0 Å². The molecule has 0 fully saturated rings. The van der Waals surface area contributed by atoms with Gasteiger partial charge in [-0.1, -0.05) is 54.6 Å². The lowest BCUT2D eigenvalue weighted by Crippen LogP contribution is -2.10. The van der Waals surface area contributed by atoms with E-state index in [4.69, 9.17) is 0 Å². The molecule has 0 aliphatic heterocycles. The van der Waals surface area contributed by atoms with Crippen LogP contribution in [-0.4, -0.2) is 29.1 Å². The van der Waals surface area contributed by atoms with Gasteiger partial charge in [-0.3, -0.25) is 4.98 Å². The molecule has 10 rings (SSSR count). The Balaban J connectivity index is 1.17. The van der Waals surface area contributed by atoms with E-state index in [0.29, 0.717) is 5.82 Å². The molecule has 10 aromatic rings. The Hall–Kier alpha value is -7.38. The molecule has 0 saturated heterocycles. The number of pyridine rings is 1. The van der Waals surface area contributed by atoms with Crippen LogP contribution in [-0.2, 0) is 0 Å². The molecule has 53 heavy (non-hydrogen) atoms. The van der Waals surface area contributed by atoms with Gasteiger partial charge in [0.25, 0.3) is 0 Å². The molecule has 6 aromatic carbocycles. The summed E-state index contributed by atoms with van der Waals surface area (Å²) >= 11 is 0. The number of hydrogen-bond donors (Lipinski definition) is 0. The monoisotopic (exact) mass is 681 g/mol. The third-order valence-corrected chi connectivity index (χ3v) is 9.86. The zero-order valence-electron chi connectivity index (χ0n) is 28.5. The first kappa shape index (κ1) is 30.4. The van der Waals surface area contributed by atoms with E-state index in [0.717, 1.165) is 61.7 Å². The fourth-order valence-electron chi connectivity index (χ4n) is 7.38.